The summed E-state index contributed by atoms with van der Waals surface area (Å²) in [5.41, 5.74) is 1.24. The SMILES string of the molecule is ON=C1CCOc2cccnc21. The van der Waals surface area contributed by atoms with E-state index in [-0.39, 0.29) is 0 Å². The molecular formula is C8H8N2O2. The molecule has 0 amide bonds. The van der Waals surface area contributed by atoms with Gasteiger partial charge in [-0.25, -0.2) is 0 Å². The Bertz CT molecular complexity index is 323. The van der Waals surface area contributed by atoms with Crippen LogP contribution in [0.2, 0.25) is 0 Å². The highest BCUT2D eigenvalue weighted by atomic mass is 16.5. The molecule has 0 atom stereocenters. The summed E-state index contributed by atoms with van der Waals surface area (Å²) in [4.78, 5) is 4.06. The van der Waals surface area contributed by atoms with Crippen LogP contribution < -0.4 is 4.74 Å². The largest absolute Gasteiger partial charge is 0.491 e. The lowest BCUT2D eigenvalue weighted by Gasteiger charge is -2.15. The van der Waals surface area contributed by atoms with Crippen LogP contribution in [0.3, 0.4) is 0 Å². The first-order valence-electron chi connectivity index (χ1n) is 3.71. The van der Waals surface area contributed by atoms with E-state index in [0.717, 1.165) is 0 Å². The van der Waals surface area contributed by atoms with E-state index in [4.69, 9.17) is 9.94 Å². The lowest BCUT2D eigenvalue weighted by atomic mass is 10.1. The van der Waals surface area contributed by atoms with Crippen LogP contribution in [0.25, 0.3) is 0 Å². The minimum atomic E-state index is 0.554. The Balaban J connectivity index is 2.51. The fraction of sp³-hybridized carbons (Fsp3) is 0.250. The van der Waals surface area contributed by atoms with Crippen molar-refractivity contribution in [3.05, 3.63) is 24.0 Å². The van der Waals surface area contributed by atoms with Gasteiger partial charge in [-0.1, -0.05) is 5.16 Å². The van der Waals surface area contributed by atoms with Gasteiger partial charge in [-0.15, -0.1) is 0 Å². The predicted octanol–water partition coefficient (Wildman–Crippen LogP) is 1.04. The molecule has 2 heterocycles. The molecule has 0 saturated carbocycles. The van der Waals surface area contributed by atoms with Crippen LogP contribution in [0.4, 0.5) is 0 Å². The average molecular weight is 164 g/mol. The van der Waals surface area contributed by atoms with Crippen LogP contribution in [-0.4, -0.2) is 22.5 Å². The highest BCUT2D eigenvalue weighted by Gasteiger charge is 2.17. The van der Waals surface area contributed by atoms with Gasteiger partial charge in [0.1, 0.15) is 17.2 Å². The zero-order chi connectivity index (χ0) is 8.39. The first kappa shape index (κ1) is 7.09. The molecule has 0 fully saturated rings. The molecular weight excluding hydrogens is 156 g/mol. The van der Waals surface area contributed by atoms with Crippen molar-refractivity contribution in [1.29, 1.82) is 0 Å². The molecule has 4 nitrogen and oxygen atoms in total. The maximum Gasteiger partial charge on any atom is 0.146 e. The molecule has 0 aliphatic carbocycles. The summed E-state index contributed by atoms with van der Waals surface area (Å²) in [6.07, 6.45) is 2.26. The van der Waals surface area contributed by atoms with Gasteiger partial charge in [-0.2, -0.15) is 0 Å². The van der Waals surface area contributed by atoms with Crippen molar-refractivity contribution in [2.24, 2.45) is 5.16 Å². The van der Waals surface area contributed by atoms with Gasteiger partial charge >= 0.3 is 0 Å². The number of hydrogen-bond donors (Lipinski definition) is 1. The number of ether oxygens (including phenoxy) is 1. The Hall–Kier alpha value is -1.58. The van der Waals surface area contributed by atoms with Crippen molar-refractivity contribution < 1.29 is 9.94 Å². The maximum atomic E-state index is 8.63. The lowest BCUT2D eigenvalue weighted by Crippen LogP contribution is -2.17. The van der Waals surface area contributed by atoms with E-state index < -0.39 is 0 Å². The number of oxime groups is 1. The third-order valence-corrected chi connectivity index (χ3v) is 1.76. The minimum Gasteiger partial charge on any atom is -0.491 e. The van der Waals surface area contributed by atoms with Crippen molar-refractivity contribution in [1.82, 2.24) is 4.98 Å². The van der Waals surface area contributed by atoms with Crippen LogP contribution >= 0.6 is 0 Å². The number of nitrogens with zero attached hydrogens (tertiary/aromatic N) is 2. The quantitative estimate of drug-likeness (QED) is 0.460. The summed E-state index contributed by atoms with van der Waals surface area (Å²) < 4.78 is 5.30. The lowest BCUT2D eigenvalue weighted by molar-refractivity contribution is 0.296. The normalized spacial score (nSPS) is 18.5. The molecule has 1 aromatic heterocycles. The maximum absolute atomic E-state index is 8.63. The molecule has 62 valence electrons. The van der Waals surface area contributed by atoms with E-state index in [0.29, 0.717) is 30.2 Å². The number of rotatable bonds is 0. The summed E-state index contributed by atoms with van der Waals surface area (Å²) in [6.45, 7) is 0.554. The van der Waals surface area contributed by atoms with E-state index >= 15 is 0 Å². The fourth-order valence-electron chi connectivity index (χ4n) is 1.20. The summed E-state index contributed by atoms with van der Waals surface area (Å²) in [6, 6.07) is 3.60. The van der Waals surface area contributed by atoms with Gasteiger partial charge in [-0.3, -0.25) is 4.98 Å². The fourth-order valence-corrected chi connectivity index (χ4v) is 1.20. The molecule has 1 aromatic rings. The Kier molecular flexibility index (Phi) is 1.66. The van der Waals surface area contributed by atoms with Crippen molar-refractivity contribution >= 4 is 5.71 Å². The molecule has 4 heteroatoms. The van der Waals surface area contributed by atoms with Crippen LogP contribution in [0.5, 0.6) is 5.75 Å². The second kappa shape index (κ2) is 2.81. The predicted molar refractivity (Wildman–Crippen MR) is 42.7 cm³/mol. The van der Waals surface area contributed by atoms with Gasteiger partial charge in [0.15, 0.2) is 0 Å². The van der Waals surface area contributed by atoms with Crippen molar-refractivity contribution in [3.8, 4) is 5.75 Å². The van der Waals surface area contributed by atoms with Gasteiger partial charge in [0.25, 0.3) is 0 Å². The van der Waals surface area contributed by atoms with Gasteiger partial charge < -0.3 is 9.94 Å². The number of hydrogen-bond acceptors (Lipinski definition) is 4. The highest BCUT2D eigenvalue weighted by Crippen LogP contribution is 2.21. The third kappa shape index (κ3) is 1.01. The van der Waals surface area contributed by atoms with E-state index in [2.05, 4.69) is 10.1 Å². The van der Waals surface area contributed by atoms with E-state index in [1.165, 1.54) is 0 Å². The zero-order valence-electron chi connectivity index (χ0n) is 6.40. The average Bonchev–Trinajstić information content (AvgIpc) is 2.17. The molecule has 0 spiro atoms. The second-order valence-corrected chi connectivity index (χ2v) is 2.50. The first-order valence-corrected chi connectivity index (χ1v) is 3.71. The summed E-state index contributed by atoms with van der Waals surface area (Å²) in [5, 5.41) is 11.8. The van der Waals surface area contributed by atoms with Crippen LogP contribution in [0.15, 0.2) is 23.5 Å². The van der Waals surface area contributed by atoms with Crippen LogP contribution in [0, 0.1) is 0 Å². The zero-order valence-corrected chi connectivity index (χ0v) is 6.40. The molecule has 0 bridgehead atoms. The molecule has 0 unspecified atom stereocenters. The van der Waals surface area contributed by atoms with Crippen molar-refractivity contribution in [2.45, 2.75) is 6.42 Å². The highest BCUT2D eigenvalue weighted by molar-refractivity contribution is 6.01. The molecule has 1 N–H and O–H groups in total. The van der Waals surface area contributed by atoms with E-state index in [1.807, 2.05) is 6.07 Å². The molecule has 0 saturated heterocycles. The first-order chi connectivity index (χ1) is 5.92. The third-order valence-electron chi connectivity index (χ3n) is 1.76. The van der Waals surface area contributed by atoms with Crippen LogP contribution in [0.1, 0.15) is 12.1 Å². The second-order valence-electron chi connectivity index (χ2n) is 2.50. The molecule has 12 heavy (non-hydrogen) atoms. The summed E-state index contributed by atoms with van der Waals surface area (Å²) >= 11 is 0. The monoisotopic (exact) mass is 164 g/mol. The van der Waals surface area contributed by atoms with E-state index in [9.17, 15) is 0 Å². The smallest absolute Gasteiger partial charge is 0.146 e. The van der Waals surface area contributed by atoms with Gasteiger partial charge in [-0.05, 0) is 12.1 Å². The van der Waals surface area contributed by atoms with Crippen molar-refractivity contribution in [2.75, 3.05) is 6.61 Å². The van der Waals surface area contributed by atoms with Gasteiger partial charge in [0, 0.05) is 12.6 Å². The molecule has 0 aromatic carbocycles. The number of aromatic nitrogens is 1. The molecule has 0 radical (unpaired) electrons. The molecule has 1 aliphatic heterocycles. The Labute approximate surface area is 69.5 Å². The summed E-state index contributed by atoms with van der Waals surface area (Å²) in [7, 11) is 0. The molecule has 2 rings (SSSR count). The summed E-state index contributed by atoms with van der Waals surface area (Å²) in [5.74, 6) is 0.691. The standard InChI is InChI=1S/C8H8N2O2/c11-10-6-3-5-12-7-2-1-4-9-8(6)7/h1-2,4,11H,3,5H2. The van der Waals surface area contributed by atoms with Gasteiger partial charge in [0.05, 0.1) is 6.61 Å². The topological polar surface area (TPSA) is 54.7 Å². The Morgan fingerprint density at radius 3 is 3.33 bits per heavy atom. The Morgan fingerprint density at radius 2 is 2.50 bits per heavy atom. The van der Waals surface area contributed by atoms with Gasteiger partial charge in [0.2, 0.25) is 0 Å². The number of fused-ring (bicyclic) bond motifs is 1. The molecule has 1 aliphatic rings. The van der Waals surface area contributed by atoms with Crippen LogP contribution in [-0.2, 0) is 0 Å². The number of pyridine rings is 1. The minimum absolute atomic E-state index is 0.554. The van der Waals surface area contributed by atoms with E-state index in [1.54, 1.807) is 12.3 Å². The van der Waals surface area contributed by atoms with Crippen molar-refractivity contribution in [3.63, 3.8) is 0 Å². The Morgan fingerprint density at radius 1 is 1.58 bits per heavy atom.